The Kier molecular flexibility index (Phi) is 2.92. The summed E-state index contributed by atoms with van der Waals surface area (Å²) in [5.74, 6) is -2.98. The van der Waals surface area contributed by atoms with Crippen LogP contribution in [0.3, 0.4) is 0 Å². The Balaban J connectivity index is 2.27. The van der Waals surface area contributed by atoms with Gasteiger partial charge in [-0.15, -0.1) is 0 Å². The van der Waals surface area contributed by atoms with Crippen LogP contribution in [-0.2, 0) is 12.5 Å². The van der Waals surface area contributed by atoms with Gasteiger partial charge in [-0.2, -0.15) is 14.0 Å². The Morgan fingerprint density at radius 1 is 1.12 bits per heavy atom. The van der Waals surface area contributed by atoms with Gasteiger partial charge in [0.1, 0.15) is 11.8 Å². The fourth-order valence-electron chi connectivity index (χ4n) is 1.64. The third-order valence-electron chi connectivity index (χ3n) is 2.51. The summed E-state index contributed by atoms with van der Waals surface area (Å²) in [6.07, 6.45) is 1.48. The van der Waals surface area contributed by atoms with E-state index in [9.17, 15) is 8.78 Å². The minimum atomic E-state index is -2.98. The Labute approximate surface area is 97.7 Å². The van der Waals surface area contributed by atoms with Crippen LogP contribution >= 0.6 is 0 Å². The summed E-state index contributed by atoms with van der Waals surface area (Å²) in [4.78, 5) is 0. The van der Waals surface area contributed by atoms with Crippen molar-refractivity contribution in [3.05, 3.63) is 59.9 Å². The van der Waals surface area contributed by atoms with Gasteiger partial charge in [-0.1, -0.05) is 30.3 Å². The molecule has 0 aliphatic rings. The van der Waals surface area contributed by atoms with E-state index in [2.05, 4.69) is 0 Å². The van der Waals surface area contributed by atoms with E-state index in [4.69, 9.17) is 5.26 Å². The lowest BCUT2D eigenvalue weighted by atomic mass is 10.1. The van der Waals surface area contributed by atoms with Crippen LogP contribution in [0.1, 0.15) is 11.3 Å². The molecule has 86 valence electrons. The van der Waals surface area contributed by atoms with E-state index in [-0.39, 0.29) is 11.3 Å². The van der Waals surface area contributed by atoms with Gasteiger partial charge in [0.15, 0.2) is 0 Å². The van der Waals surface area contributed by atoms with Crippen molar-refractivity contribution in [3.8, 4) is 6.07 Å². The lowest BCUT2D eigenvalue weighted by Crippen LogP contribution is -2.21. The van der Waals surface area contributed by atoms with Crippen LogP contribution in [0.25, 0.3) is 0 Å². The molecule has 1 aromatic carbocycles. The average molecular weight is 232 g/mol. The van der Waals surface area contributed by atoms with Crippen molar-refractivity contribution in [1.82, 2.24) is 4.57 Å². The third kappa shape index (κ3) is 2.34. The van der Waals surface area contributed by atoms with Crippen LogP contribution in [0.15, 0.2) is 48.7 Å². The zero-order valence-electron chi connectivity index (χ0n) is 8.98. The summed E-state index contributed by atoms with van der Waals surface area (Å²) in [6.45, 7) is -0.521. The molecule has 0 aliphatic carbocycles. The molecule has 0 N–H and O–H groups in total. The van der Waals surface area contributed by atoms with E-state index in [0.717, 1.165) is 0 Å². The van der Waals surface area contributed by atoms with Gasteiger partial charge in [0.2, 0.25) is 0 Å². The molecule has 0 saturated heterocycles. The average Bonchev–Trinajstić information content (AvgIpc) is 2.77. The number of alkyl halides is 2. The second-order valence-electron chi connectivity index (χ2n) is 3.70. The summed E-state index contributed by atoms with van der Waals surface area (Å²) < 4.78 is 29.1. The monoisotopic (exact) mass is 232 g/mol. The number of nitrogens with zero attached hydrogens (tertiary/aromatic N) is 2. The third-order valence-corrected chi connectivity index (χ3v) is 2.51. The normalized spacial score (nSPS) is 11.1. The molecule has 0 radical (unpaired) electrons. The van der Waals surface area contributed by atoms with E-state index in [1.54, 1.807) is 24.3 Å². The lowest BCUT2D eigenvalue weighted by Gasteiger charge is -2.18. The topological polar surface area (TPSA) is 28.7 Å². The number of rotatable bonds is 3. The maximum atomic E-state index is 13.9. The van der Waals surface area contributed by atoms with Gasteiger partial charge in [-0.3, -0.25) is 0 Å². The van der Waals surface area contributed by atoms with Crippen LogP contribution in [0, 0.1) is 11.3 Å². The number of hydrogen-bond acceptors (Lipinski definition) is 1. The van der Waals surface area contributed by atoms with E-state index in [0.29, 0.717) is 0 Å². The van der Waals surface area contributed by atoms with Crippen molar-refractivity contribution in [2.24, 2.45) is 0 Å². The molecule has 0 bridgehead atoms. The highest BCUT2D eigenvalue weighted by molar-refractivity contribution is 5.24. The lowest BCUT2D eigenvalue weighted by molar-refractivity contribution is -0.0223. The van der Waals surface area contributed by atoms with E-state index in [1.165, 1.54) is 29.0 Å². The number of halogens is 2. The molecule has 2 aromatic rings. The summed E-state index contributed by atoms with van der Waals surface area (Å²) >= 11 is 0. The molecule has 4 heteroatoms. The number of hydrogen-bond donors (Lipinski definition) is 0. The molecule has 0 fully saturated rings. The molecule has 0 unspecified atom stereocenters. The largest absolute Gasteiger partial charge is 0.333 e. The van der Waals surface area contributed by atoms with E-state index in [1.807, 2.05) is 6.07 Å². The number of benzene rings is 1. The van der Waals surface area contributed by atoms with Crippen LogP contribution in [0.2, 0.25) is 0 Å². The van der Waals surface area contributed by atoms with Gasteiger partial charge in [0.25, 0.3) is 5.92 Å². The molecule has 2 nitrogen and oxygen atoms in total. The zero-order chi connectivity index (χ0) is 12.3. The molecular weight excluding hydrogens is 222 g/mol. The van der Waals surface area contributed by atoms with Gasteiger partial charge in [0.05, 0.1) is 6.54 Å². The molecule has 0 spiro atoms. The Morgan fingerprint density at radius 2 is 1.82 bits per heavy atom. The fraction of sp³-hybridized carbons (Fsp3) is 0.154. The summed E-state index contributed by atoms with van der Waals surface area (Å²) in [5, 5.41) is 8.76. The van der Waals surface area contributed by atoms with E-state index < -0.39 is 12.5 Å². The van der Waals surface area contributed by atoms with Crippen molar-refractivity contribution in [3.63, 3.8) is 0 Å². The summed E-state index contributed by atoms with van der Waals surface area (Å²) in [7, 11) is 0. The number of nitriles is 1. The molecular formula is C13H10F2N2. The summed E-state index contributed by atoms with van der Waals surface area (Å²) in [6, 6.07) is 12.6. The maximum Gasteiger partial charge on any atom is 0.290 e. The van der Waals surface area contributed by atoms with Crippen LogP contribution in [-0.4, -0.2) is 4.57 Å². The first kappa shape index (κ1) is 11.3. The zero-order valence-corrected chi connectivity index (χ0v) is 8.98. The van der Waals surface area contributed by atoms with Gasteiger partial charge in [0, 0.05) is 11.8 Å². The Morgan fingerprint density at radius 3 is 2.47 bits per heavy atom. The van der Waals surface area contributed by atoms with Crippen molar-refractivity contribution in [2.45, 2.75) is 12.5 Å². The van der Waals surface area contributed by atoms with Crippen molar-refractivity contribution >= 4 is 0 Å². The predicted octanol–water partition coefficient (Wildman–Crippen LogP) is 3.15. The first-order chi connectivity index (χ1) is 8.13. The fourth-order valence-corrected chi connectivity index (χ4v) is 1.64. The Hall–Kier alpha value is -2.15. The molecule has 17 heavy (non-hydrogen) atoms. The highest BCUT2D eigenvalue weighted by Gasteiger charge is 2.32. The van der Waals surface area contributed by atoms with Gasteiger partial charge in [-0.25, -0.2) is 0 Å². The van der Waals surface area contributed by atoms with Crippen molar-refractivity contribution in [2.75, 3.05) is 0 Å². The minimum absolute atomic E-state index is 0.0439. The maximum absolute atomic E-state index is 13.9. The van der Waals surface area contributed by atoms with Crippen LogP contribution in [0.5, 0.6) is 0 Å². The standard InChI is InChI=1S/C13H10F2N2/c14-13(15,11-5-2-1-3-6-11)10-17-8-4-7-12(17)9-16/h1-8H,10H2. The molecule has 1 aromatic heterocycles. The molecule has 2 rings (SSSR count). The van der Waals surface area contributed by atoms with E-state index >= 15 is 0 Å². The molecule has 0 atom stereocenters. The number of aromatic nitrogens is 1. The highest BCUT2D eigenvalue weighted by atomic mass is 19.3. The second-order valence-corrected chi connectivity index (χ2v) is 3.70. The molecule has 0 saturated carbocycles. The highest BCUT2D eigenvalue weighted by Crippen LogP contribution is 2.30. The van der Waals surface area contributed by atoms with Crippen molar-refractivity contribution in [1.29, 1.82) is 5.26 Å². The first-order valence-electron chi connectivity index (χ1n) is 5.12. The Bertz CT molecular complexity index is 538. The van der Waals surface area contributed by atoms with Gasteiger partial charge in [-0.05, 0) is 12.1 Å². The predicted molar refractivity (Wildman–Crippen MR) is 59.5 cm³/mol. The molecule has 0 aliphatic heterocycles. The van der Waals surface area contributed by atoms with Gasteiger partial charge >= 0.3 is 0 Å². The van der Waals surface area contributed by atoms with Crippen LogP contribution < -0.4 is 0 Å². The quantitative estimate of drug-likeness (QED) is 0.799. The smallest absolute Gasteiger partial charge is 0.290 e. The van der Waals surface area contributed by atoms with Gasteiger partial charge < -0.3 is 4.57 Å². The molecule has 0 amide bonds. The summed E-state index contributed by atoms with van der Waals surface area (Å²) in [5.41, 5.74) is 0.193. The minimum Gasteiger partial charge on any atom is -0.333 e. The SMILES string of the molecule is N#Cc1cccn1CC(F)(F)c1ccccc1. The van der Waals surface area contributed by atoms with Crippen LogP contribution in [0.4, 0.5) is 8.78 Å². The molecule has 1 heterocycles. The first-order valence-corrected chi connectivity index (χ1v) is 5.12. The second kappa shape index (κ2) is 4.38. The van der Waals surface area contributed by atoms with Crippen molar-refractivity contribution < 1.29 is 8.78 Å².